The van der Waals surface area contributed by atoms with Gasteiger partial charge >= 0.3 is 0 Å². The summed E-state index contributed by atoms with van der Waals surface area (Å²) in [5, 5.41) is 0.761. The van der Waals surface area contributed by atoms with E-state index < -0.39 is 0 Å². The lowest BCUT2D eigenvalue weighted by Gasteiger charge is -2.30. The molecule has 3 rings (SSSR count). The zero-order chi connectivity index (χ0) is 16.2. The van der Waals surface area contributed by atoms with Gasteiger partial charge in [0.05, 0.1) is 6.04 Å². The topological polar surface area (TPSA) is 32.3 Å². The number of nitrogens with zero attached hydrogens (tertiary/aromatic N) is 4. The smallest absolute Gasteiger partial charge is 0.134 e. The van der Waals surface area contributed by atoms with Crippen LogP contribution in [0.25, 0.3) is 0 Å². The molecular formula is C17H21ClN4S. The number of halogens is 1. The SMILES string of the molecule is CC(c1cccc(Cl)c1)N(C)c1cc(N2CCSCC2)ncn1. The molecule has 1 aromatic heterocycles. The van der Waals surface area contributed by atoms with E-state index in [4.69, 9.17) is 11.6 Å². The molecule has 1 saturated heterocycles. The highest BCUT2D eigenvalue weighted by Gasteiger charge is 2.17. The van der Waals surface area contributed by atoms with Crippen molar-refractivity contribution in [3.8, 4) is 0 Å². The molecule has 1 fully saturated rings. The van der Waals surface area contributed by atoms with Crippen molar-refractivity contribution in [2.75, 3.05) is 41.4 Å². The molecule has 0 aliphatic carbocycles. The highest BCUT2D eigenvalue weighted by Crippen LogP contribution is 2.27. The number of rotatable bonds is 4. The third-order valence-electron chi connectivity index (χ3n) is 4.25. The Balaban J connectivity index is 1.80. The van der Waals surface area contributed by atoms with E-state index in [0.717, 1.165) is 41.3 Å². The number of thioether (sulfide) groups is 1. The second-order valence-corrected chi connectivity index (χ2v) is 7.34. The summed E-state index contributed by atoms with van der Waals surface area (Å²) >= 11 is 8.11. The van der Waals surface area contributed by atoms with Gasteiger partial charge in [0, 0.05) is 42.7 Å². The normalized spacial score (nSPS) is 16.2. The molecule has 0 spiro atoms. The fourth-order valence-corrected chi connectivity index (χ4v) is 3.79. The van der Waals surface area contributed by atoms with Gasteiger partial charge in [0.2, 0.25) is 0 Å². The Hall–Kier alpha value is -1.46. The summed E-state index contributed by atoms with van der Waals surface area (Å²) in [6.07, 6.45) is 1.66. The standard InChI is InChI=1S/C17H21ClN4S/c1-13(14-4-3-5-15(18)10-14)21(2)16-11-17(20-12-19-16)22-6-8-23-9-7-22/h3-5,10-13H,6-9H2,1-2H3. The maximum Gasteiger partial charge on any atom is 0.134 e. The van der Waals surface area contributed by atoms with Gasteiger partial charge in [-0.05, 0) is 24.6 Å². The molecule has 1 atom stereocenters. The predicted molar refractivity (Wildman–Crippen MR) is 99.8 cm³/mol. The summed E-state index contributed by atoms with van der Waals surface area (Å²) in [4.78, 5) is 13.4. The minimum atomic E-state index is 0.188. The van der Waals surface area contributed by atoms with Crippen molar-refractivity contribution in [1.29, 1.82) is 0 Å². The van der Waals surface area contributed by atoms with Crippen LogP contribution in [0.4, 0.5) is 11.6 Å². The maximum atomic E-state index is 6.11. The molecule has 0 bridgehead atoms. The zero-order valence-corrected chi connectivity index (χ0v) is 15.0. The van der Waals surface area contributed by atoms with E-state index in [1.54, 1.807) is 6.33 Å². The number of benzene rings is 1. The van der Waals surface area contributed by atoms with E-state index in [1.165, 1.54) is 5.56 Å². The first kappa shape index (κ1) is 16.4. The Morgan fingerprint density at radius 3 is 2.74 bits per heavy atom. The first-order valence-corrected chi connectivity index (χ1v) is 9.31. The van der Waals surface area contributed by atoms with Crippen molar-refractivity contribution >= 4 is 35.0 Å². The Morgan fingerprint density at radius 2 is 2.00 bits per heavy atom. The van der Waals surface area contributed by atoms with Crippen LogP contribution >= 0.6 is 23.4 Å². The second kappa shape index (κ2) is 7.41. The molecule has 2 heterocycles. The van der Waals surface area contributed by atoms with Gasteiger partial charge in [-0.1, -0.05) is 23.7 Å². The van der Waals surface area contributed by atoms with Crippen LogP contribution in [0, 0.1) is 0 Å². The lowest BCUT2D eigenvalue weighted by atomic mass is 10.1. The van der Waals surface area contributed by atoms with E-state index in [9.17, 15) is 0 Å². The Bertz CT molecular complexity index is 661. The summed E-state index contributed by atoms with van der Waals surface area (Å²) in [7, 11) is 2.06. The average Bonchev–Trinajstić information content (AvgIpc) is 2.61. The fraction of sp³-hybridized carbons (Fsp3) is 0.412. The third-order valence-corrected chi connectivity index (χ3v) is 5.42. The molecule has 0 amide bonds. The molecule has 1 aliphatic heterocycles. The summed E-state index contributed by atoms with van der Waals surface area (Å²) in [6, 6.07) is 10.3. The van der Waals surface area contributed by atoms with Crippen LogP contribution in [0.15, 0.2) is 36.7 Å². The first-order valence-electron chi connectivity index (χ1n) is 7.78. The molecule has 1 unspecified atom stereocenters. The Labute approximate surface area is 146 Å². The molecule has 0 radical (unpaired) electrons. The van der Waals surface area contributed by atoms with Crippen LogP contribution in [-0.4, -0.2) is 41.6 Å². The highest BCUT2D eigenvalue weighted by molar-refractivity contribution is 7.99. The predicted octanol–water partition coefficient (Wildman–Crippen LogP) is 3.88. The van der Waals surface area contributed by atoms with Gasteiger partial charge in [-0.3, -0.25) is 0 Å². The van der Waals surface area contributed by atoms with Gasteiger partial charge in [-0.25, -0.2) is 9.97 Å². The lowest BCUT2D eigenvalue weighted by molar-refractivity contribution is 0.725. The van der Waals surface area contributed by atoms with Crippen molar-refractivity contribution in [3.63, 3.8) is 0 Å². The van der Waals surface area contributed by atoms with Crippen LogP contribution in [0.2, 0.25) is 5.02 Å². The second-order valence-electron chi connectivity index (χ2n) is 5.68. The van der Waals surface area contributed by atoms with Gasteiger partial charge in [0.25, 0.3) is 0 Å². The molecule has 0 saturated carbocycles. The molecule has 1 aliphatic rings. The average molecular weight is 349 g/mol. The van der Waals surface area contributed by atoms with Gasteiger partial charge in [-0.2, -0.15) is 11.8 Å². The largest absolute Gasteiger partial charge is 0.355 e. The monoisotopic (exact) mass is 348 g/mol. The van der Waals surface area contributed by atoms with Crippen molar-refractivity contribution in [1.82, 2.24) is 9.97 Å². The minimum absolute atomic E-state index is 0.188. The van der Waals surface area contributed by atoms with E-state index in [0.29, 0.717) is 0 Å². The molecule has 122 valence electrons. The number of anilines is 2. The molecule has 23 heavy (non-hydrogen) atoms. The first-order chi connectivity index (χ1) is 11.1. The minimum Gasteiger partial charge on any atom is -0.355 e. The van der Waals surface area contributed by atoms with Crippen LogP contribution in [-0.2, 0) is 0 Å². The lowest BCUT2D eigenvalue weighted by Crippen LogP contribution is -2.33. The maximum absolute atomic E-state index is 6.11. The van der Waals surface area contributed by atoms with Crippen LogP contribution in [0.5, 0.6) is 0 Å². The van der Waals surface area contributed by atoms with Crippen molar-refractivity contribution < 1.29 is 0 Å². The molecular weight excluding hydrogens is 328 g/mol. The van der Waals surface area contributed by atoms with E-state index in [2.05, 4.69) is 45.9 Å². The van der Waals surface area contributed by atoms with E-state index >= 15 is 0 Å². The van der Waals surface area contributed by atoms with E-state index in [-0.39, 0.29) is 6.04 Å². The summed E-state index contributed by atoms with van der Waals surface area (Å²) in [5.41, 5.74) is 1.18. The van der Waals surface area contributed by atoms with E-state index in [1.807, 2.05) is 30.0 Å². The Morgan fingerprint density at radius 1 is 1.22 bits per heavy atom. The third kappa shape index (κ3) is 3.90. The molecule has 1 aromatic carbocycles. The molecule has 4 nitrogen and oxygen atoms in total. The number of hydrogen-bond donors (Lipinski definition) is 0. The fourth-order valence-electron chi connectivity index (χ4n) is 2.68. The highest BCUT2D eigenvalue weighted by atomic mass is 35.5. The summed E-state index contributed by atoms with van der Waals surface area (Å²) in [6.45, 7) is 4.26. The van der Waals surface area contributed by atoms with Crippen LogP contribution < -0.4 is 9.80 Å². The van der Waals surface area contributed by atoms with Crippen LogP contribution in [0.1, 0.15) is 18.5 Å². The summed E-state index contributed by atoms with van der Waals surface area (Å²) in [5.74, 6) is 4.27. The zero-order valence-electron chi connectivity index (χ0n) is 13.4. The molecule has 0 N–H and O–H groups in total. The van der Waals surface area contributed by atoms with Crippen molar-refractivity contribution in [2.24, 2.45) is 0 Å². The van der Waals surface area contributed by atoms with Crippen molar-refractivity contribution in [3.05, 3.63) is 47.2 Å². The molecule has 6 heteroatoms. The quantitative estimate of drug-likeness (QED) is 0.837. The Kier molecular flexibility index (Phi) is 5.28. The van der Waals surface area contributed by atoms with Gasteiger partial charge in [-0.15, -0.1) is 0 Å². The van der Waals surface area contributed by atoms with Gasteiger partial charge in [0.15, 0.2) is 0 Å². The van der Waals surface area contributed by atoms with Crippen LogP contribution in [0.3, 0.4) is 0 Å². The van der Waals surface area contributed by atoms with Gasteiger partial charge < -0.3 is 9.80 Å². The molecule has 2 aromatic rings. The van der Waals surface area contributed by atoms with Crippen molar-refractivity contribution in [2.45, 2.75) is 13.0 Å². The summed E-state index contributed by atoms with van der Waals surface area (Å²) < 4.78 is 0. The number of hydrogen-bond acceptors (Lipinski definition) is 5. The number of aromatic nitrogens is 2. The van der Waals surface area contributed by atoms with Gasteiger partial charge in [0.1, 0.15) is 18.0 Å².